The Morgan fingerprint density at radius 2 is 1.86 bits per heavy atom. The van der Waals surface area contributed by atoms with Crippen LogP contribution in [0.2, 0.25) is 0 Å². The molecule has 0 radical (unpaired) electrons. The summed E-state index contributed by atoms with van der Waals surface area (Å²) in [7, 11) is 0. The first-order valence-corrected chi connectivity index (χ1v) is 7.21. The average Bonchev–Trinajstić information content (AvgIpc) is 3.11. The van der Waals surface area contributed by atoms with Gasteiger partial charge in [0.15, 0.2) is 0 Å². The van der Waals surface area contributed by atoms with Crippen LogP contribution in [0.4, 0.5) is 0 Å². The highest BCUT2D eigenvalue weighted by Crippen LogP contribution is 2.35. The van der Waals surface area contributed by atoms with Crippen molar-refractivity contribution >= 4 is 16.9 Å². The van der Waals surface area contributed by atoms with Gasteiger partial charge in [0.05, 0.1) is 6.54 Å². The molecule has 0 aliphatic carbocycles. The minimum atomic E-state index is -0.149. The van der Waals surface area contributed by atoms with Crippen LogP contribution in [0.1, 0.15) is 22.8 Å². The molecule has 1 N–H and O–H groups in total. The Morgan fingerprint density at radius 3 is 2.68 bits per heavy atom. The largest absolute Gasteiger partial charge is 0.480 e. The van der Waals surface area contributed by atoms with E-state index in [1.165, 1.54) is 5.56 Å². The second kappa shape index (κ2) is 4.91. The third-order valence-corrected chi connectivity index (χ3v) is 3.89. The number of aryl methyl sites for hydroxylation is 1. The lowest BCUT2D eigenvalue weighted by molar-refractivity contribution is 0.229. The lowest BCUT2D eigenvalue weighted by Gasteiger charge is -2.11. The number of nitrogens with zero attached hydrogens (tertiary/aromatic N) is 1. The van der Waals surface area contributed by atoms with Crippen LogP contribution in [-0.2, 0) is 4.74 Å². The Kier molecular flexibility index (Phi) is 2.89. The molecule has 22 heavy (non-hydrogen) atoms. The van der Waals surface area contributed by atoms with Crippen molar-refractivity contribution in [1.29, 1.82) is 0 Å². The number of ether oxygens (including phenoxy) is 1. The minimum absolute atomic E-state index is 0.122. The van der Waals surface area contributed by atoms with E-state index in [4.69, 9.17) is 9.15 Å². The van der Waals surface area contributed by atoms with Crippen molar-refractivity contribution < 1.29 is 14.3 Å². The molecule has 0 amide bonds. The number of rotatable bonds is 2. The molecule has 0 saturated carbocycles. The third kappa shape index (κ3) is 2.04. The van der Waals surface area contributed by atoms with Crippen molar-refractivity contribution in [2.24, 2.45) is 4.99 Å². The van der Waals surface area contributed by atoms with E-state index >= 15 is 0 Å². The summed E-state index contributed by atoms with van der Waals surface area (Å²) in [5.74, 6) is 0.289. The fourth-order valence-corrected chi connectivity index (χ4v) is 2.71. The molecule has 1 aliphatic rings. The Balaban J connectivity index is 1.67. The van der Waals surface area contributed by atoms with E-state index < -0.39 is 0 Å². The first-order chi connectivity index (χ1) is 10.7. The predicted molar refractivity (Wildman–Crippen MR) is 84.3 cm³/mol. The van der Waals surface area contributed by atoms with Gasteiger partial charge in [0.2, 0.25) is 5.90 Å². The number of aromatic hydroxyl groups is 1. The second-order valence-electron chi connectivity index (χ2n) is 5.44. The van der Waals surface area contributed by atoms with Gasteiger partial charge >= 0.3 is 0 Å². The first kappa shape index (κ1) is 13.0. The maximum Gasteiger partial charge on any atom is 0.296 e. The fraction of sp³-hybridized carbons (Fsp3) is 0.167. The quantitative estimate of drug-likeness (QED) is 0.778. The normalized spacial score (nSPS) is 17.5. The van der Waals surface area contributed by atoms with Crippen LogP contribution in [0.5, 0.6) is 5.95 Å². The maximum atomic E-state index is 10.1. The summed E-state index contributed by atoms with van der Waals surface area (Å²) >= 11 is 0. The first-order valence-electron chi connectivity index (χ1n) is 7.21. The van der Waals surface area contributed by atoms with Crippen LogP contribution in [0.15, 0.2) is 57.9 Å². The summed E-state index contributed by atoms with van der Waals surface area (Å²) in [6.07, 6.45) is -0.122. The van der Waals surface area contributed by atoms with Crippen LogP contribution in [0.3, 0.4) is 0 Å². The van der Waals surface area contributed by atoms with Gasteiger partial charge < -0.3 is 14.3 Å². The second-order valence-corrected chi connectivity index (χ2v) is 5.44. The van der Waals surface area contributed by atoms with Gasteiger partial charge in [0.1, 0.15) is 17.3 Å². The monoisotopic (exact) mass is 293 g/mol. The number of hydrogen-bond donors (Lipinski definition) is 1. The number of fused-ring (bicyclic) bond motifs is 1. The summed E-state index contributed by atoms with van der Waals surface area (Å²) in [6.45, 7) is 2.59. The summed E-state index contributed by atoms with van der Waals surface area (Å²) in [5, 5.41) is 10.9. The van der Waals surface area contributed by atoms with E-state index in [9.17, 15) is 5.11 Å². The molecular formula is C18H15NO3. The molecule has 0 fully saturated rings. The SMILES string of the molecule is Cc1ccc(C2CN=C(c3c(O)oc4ccccc34)O2)cc1. The van der Waals surface area contributed by atoms with E-state index in [2.05, 4.69) is 24.0 Å². The van der Waals surface area contributed by atoms with Gasteiger partial charge in [-0.05, 0) is 18.6 Å². The van der Waals surface area contributed by atoms with E-state index in [1.54, 1.807) is 0 Å². The zero-order valence-electron chi connectivity index (χ0n) is 12.1. The number of benzene rings is 2. The Bertz CT molecular complexity index is 862. The van der Waals surface area contributed by atoms with Gasteiger partial charge in [0, 0.05) is 5.39 Å². The molecule has 110 valence electrons. The lowest BCUT2D eigenvalue weighted by atomic mass is 10.1. The van der Waals surface area contributed by atoms with Crippen molar-refractivity contribution in [3.8, 4) is 5.95 Å². The molecule has 4 nitrogen and oxygen atoms in total. The van der Waals surface area contributed by atoms with Crippen molar-refractivity contribution in [1.82, 2.24) is 0 Å². The van der Waals surface area contributed by atoms with Crippen molar-refractivity contribution in [3.63, 3.8) is 0 Å². The zero-order chi connectivity index (χ0) is 15.1. The van der Waals surface area contributed by atoms with Crippen LogP contribution in [0, 0.1) is 6.92 Å². The van der Waals surface area contributed by atoms with Crippen LogP contribution in [-0.4, -0.2) is 17.5 Å². The van der Waals surface area contributed by atoms with E-state index in [1.807, 2.05) is 36.4 Å². The molecular weight excluding hydrogens is 278 g/mol. The van der Waals surface area contributed by atoms with Crippen LogP contribution in [0.25, 0.3) is 11.0 Å². The van der Waals surface area contributed by atoms with Crippen molar-refractivity contribution in [2.75, 3.05) is 6.54 Å². The molecule has 1 unspecified atom stereocenters. The summed E-state index contributed by atoms with van der Waals surface area (Å²) in [5.41, 5.74) is 3.45. The number of aliphatic imine (C=N–C) groups is 1. The molecule has 1 aromatic heterocycles. The number of hydrogen-bond acceptors (Lipinski definition) is 4. The molecule has 4 rings (SSSR count). The topological polar surface area (TPSA) is 55.0 Å². The van der Waals surface area contributed by atoms with Gasteiger partial charge in [-0.15, -0.1) is 0 Å². The van der Waals surface area contributed by atoms with E-state index in [0.717, 1.165) is 10.9 Å². The van der Waals surface area contributed by atoms with Gasteiger partial charge in [-0.3, -0.25) is 0 Å². The molecule has 1 aliphatic heterocycles. The summed E-state index contributed by atoms with van der Waals surface area (Å²) in [6, 6.07) is 15.7. The number of furan rings is 1. The van der Waals surface area contributed by atoms with Crippen molar-refractivity contribution in [2.45, 2.75) is 13.0 Å². The third-order valence-electron chi connectivity index (χ3n) is 3.89. The van der Waals surface area contributed by atoms with Gasteiger partial charge in [-0.1, -0.05) is 48.0 Å². The van der Waals surface area contributed by atoms with E-state index in [0.29, 0.717) is 23.6 Å². The highest BCUT2D eigenvalue weighted by atomic mass is 16.5. The Morgan fingerprint density at radius 1 is 1.09 bits per heavy atom. The average molecular weight is 293 g/mol. The van der Waals surface area contributed by atoms with Crippen LogP contribution < -0.4 is 0 Å². The molecule has 1 atom stereocenters. The summed E-state index contributed by atoms with van der Waals surface area (Å²) < 4.78 is 11.3. The molecule has 2 aromatic carbocycles. The Hall–Kier alpha value is -2.75. The number of para-hydroxylation sites is 1. The van der Waals surface area contributed by atoms with E-state index in [-0.39, 0.29) is 12.1 Å². The highest BCUT2D eigenvalue weighted by molar-refractivity contribution is 6.08. The summed E-state index contributed by atoms with van der Waals surface area (Å²) in [4.78, 5) is 4.44. The van der Waals surface area contributed by atoms with Crippen LogP contribution >= 0.6 is 0 Å². The molecule has 2 heterocycles. The van der Waals surface area contributed by atoms with Gasteiger partial charge in [-0.2, -0.15) is 0 Å². The van der Waals surface area contributed by atoms with Crippen molar-refractivity contribution in [3.05, 3.63) is 65.2 Å². The lowest BCUT2D eigenvalue weighted by Crippen LogP contribution is -2.06. The predicted octanol–water partition coefficient (Wildman–Crippen LogP) is 3.96. The molecule has 0 bridgehead atoms. The molecule has 0 saturated heterocycles. The molecule has 0 spiro atoms. The molecule has 3 aromatic rings. The maximum absolute atomic E-state index is 10.1. The standard InChI is InChI=1S/C18H15NO3/c1-11-6-8-12(9-7-11)15-10-19-17(21-15)16-13-4-2-3-5-14(13)22-18(16)20/h2-9,15,20H,10H2,1H3. The smallest absolute Gasteiger partial charge is 0.296 e. The fourth-order valence-electron chi connectivity index (χ4n) is 2.71. The minimum Gasteiger partial charge on any atom is -0.480 e. The van der Waals surface area contributed by atoms with Gasteiger partial charge in [0.25, 0.3) is 5.95 Å². The Labute approximate surface area is 127 Å². The zero-order valence-corrected chi connectivity index (χ0v) is 12.1. The highest BCUT2D eigenvalue weighted by Gasteiger charge is 2.28. The van der Waals surface area contributed by atoms with Gasteiger partial charge in [-0.25, -0.2) is 4.99 Å². The molecule has 4 heteroatoms.